The van der Waals surface area contributed by atoms with Crippen LogP contribution in [0, 0.1) is 0 Å². The van der Waals surface area contributed by atoms with Crippen LogP contribution in [0.25, 0.3) is 0 Å². The molecule has 0 amide bonds. The molecule has 27 heavy (non-hydrogen) atoms. The van der Waals surface area contributed by atoms with Crippen molar-refractivity contribution in [3.8, 4) is 0 Å². The topological polar surface area (TPSA) is 107 Å². The van der Waals surface area contributed by atoms with Gasteiger partial charge in [-0.15, -0.1) is 0 Å². The van der Waals surface area contributed by atoms with E-state index in [1.807, 2.05) is 0 Å². The Kier molecular flexibility index (Phi) is 20.2. The van der Waals surface area contributed by atoms with Gasteiger partial charge in [0.15, 0.2) is 0 Å². The molecule has 0 aromatic heterocycles. The van der Waals surface area contributed by atoms with Crippen LogP contribution >= 0.6 is 0 Å². The Hall–Kier alpha value is -0.320. The van der Waals surface area contributed by atoms with Gasteiger partial charge in [0, 0.05) is 33.0 Å². The first-order valence-corrected chi connectivity index (χ1v) is 10.00. The summed E-state index contributed by atoms with van der Waals surface area (Å²) in [7, 11) is 0. The molecule has 0 saturated carbocycles. The Labute approximate surface area is 163 Å². The standard InChI is InChI=1S/C19H40O8/c1-3-4-10-26-18(13-23-9-5-7-20)15-25-16-19(27-11-6-8-21)14-24-12-17(2)22/h17-22H,3-16H2,1-2H3. The predicted molar refractivity (Wildman–Crippen MR) is 102 cm³/mol. The smallest absolute Gasteiger partial charge is 0.104 e. The van der Waals surface area contributed by atoms with Crippen molar-refractivity contribution in [2.75, 3.05) is 66.1 Å². The van der Waals surface area contributed by atoms with Crippen LogP contribution in [0.4, 0.5) is 0 Å². The first-order chi connectivity index (χ1) is 13.1. The molecule has 0 rings (SSSR count). The highest BCUT2D eigenvalue weighted by Crippen LogP contribution is 2.03. The summed E-state index contributed by atoms with van der Waals surface area (Å²) in [5, 5.41) is 27.0. The Morgan fingerprint density at radius 1 is 0.667 bits per heavy atom. The van der Waals surface area contributed by atoms with E-state index in [9.17, 15) is 5.11 Å². The second-order valence-electron chi connectivity index (χ2n) is 6.49. The molecule has 0 fully saturated rings. The molecule has 0 aliphatic carbocycles. The molecule has 3 atom stereocenters. The van der Waals surface area contributed by atoms with Gasteiger partial charge in [0.2, 0.25) is 0 Å². The van der Waals surface area contributed by atoms with Crippen molar-refractivity contribution in [3.05, 3.63) is 0 Å². The first-order valence-electron chi connectivity index (χ1n) is 10.00. The quantitative estimate of drug-likeness (QED) is 0.244. The van der Waals surface area contributed by atoms with E-state index in [1.54, 1.807) is 6.92 Å². The van der Waals surface area contributed by atoms with Crippen LogP contribution in [0.5, 0.6) is 0 Å². The number of ether oxygens (including phenoxy) is 5. The second-order valence-corrected chi connectivity index (χ2v) is 6.49. The number of hydrogen-bond acceptors (Lipinski definition) is 8. The number of unbranched alkanes of at least 4 members (excludes halogenated alkanes) is 1. The van der Waals surface area contributed by atoms with Crippen molar-refractivity contribution in [3.63, 3.8) is 0 Å². The fourth-order valence-corrected chi connectivity index (χ4v) is 2.08. The first kappa shape index (κ1) is 26.7. The van der Waals surface area contributed by atoms with Gasteiger partial charge in [-0.1, -0.05) is 13.3 Å². The number of aliphatic hydroxyl groups excluding tert-OH is 3. The lowest BCUT2D eigenvalue weighted by atomic mass is 10.3. The molecule has 0 aromatic rings. The molecule has 0 radical (unpaired) electrons. The third-order valence-electron chi connectivity index (χ3n) is 3.53. The van der Waals surface area contributed by atoms with E-state index in [4.69, 9.17) is 33.9 Å². The molecule has 0 aliphatic rings. The summed E-state index contributed by atoms with van der Waals surface area (Å²) >= 11 is 0. The molecule has 0 saturated heterocycles. The monoisotopic (exact) mass is 396 g/mol. The minimum Gasteiger partial charge on any atom is -0.396 e. The summed E-state index contributed by atoms with van der Waals surface area (Å²) in [6.07, 6.45) is 2.20. The van der Waals surface area contributed by atoms with Gasteiger partial charge in [-0.2, -0.15) is 0 Å². The average Bonchev–Trinajstić information content (AvgIpc) is 2.64. The fraction of sp³-hybridized carbons (Fsp3) is 1.00. The Bertz CT molecular complexity index is 291. The molecule has 0 aliphatic heterocycles. The average molecular weight is 397 g/mol. The van der Waals surface area contributed by atoms with Gasteiger partial charge in [-0.25, -0.2) is 0 Å². The largest absolute Gasteiger partial charge is 0.396 e. The third-order valence-corrected chi connectivity index (χ3v) is 3.53. The minimum atomic E-state index is -0.531. The highest BCUT2D eigenvalue weighted by atomic mass is 16.6. The lowest BCUT2D eigenvalue weighted by Gasteiger charge is -2.22. The Morgan fingerprint density at radius 3 is 1.67 bits per heavy atom. The van der Waals surface area contributed by atoms with Gasteiger partial charge in [0.1, 0.15) is 12.2 Å². The summed E-state index contributed by atoms with van der Waals surface area (Å²) in [6, 6.07) is 0. The van der Waals surface area contributed by atoms with Crippen LogP contribution in [0.1, 0.15) is 39.5 Å². The molecule has 0 heterocycles. The summed E-state index contributed by atoms with van der Waals surface area (Å²) in [5.41, 5.74) is 0. The van der Waals surface area contributed by atoms with Crippen LogP contribution in [0.15, 0.2) is 0 Å². The van der Waals surface area contributed by atoms with Gasteiger partial charge in [0.05, 0.1) is 39.1 Å². The predicted octanol–water partition coefficient (Wildman–Crippen LogP) is 0.752. The molecule has 3 unspecified atom stereocenters. The lowest BCUT2D eigenvalue weighted by Crippen LogP contribution is -2.32. The molecule has 0 bridgehead atoms. The van der Waals surface area contributed by atoms with Gasteiger partial charge in [0.25, 0.3) is 0 Å². The molecule has 0 spiro atoms. The van der Waals surface area contributed by atoms with E-state index >= 15 is 0 Å². The van der Waals surface area contributed by atoms with Crippen molar-refractivity contribution in [2.45, 2.75) is 57.8 Å². The summed E-state index contributed by atoms with van der Waals surface area (Å²) in [5.74, 6) is 0. The number of rotatable bonds is 21. The van der Waals surface area contributed by atoms with Crippen molar-refractivity contribution in [2.24, 2.45) is 0 Å². The molecule has 164 valence electrons. The highest BCUT2D eigenvalue weighted by Gasteiger charge is 2.14. The van der Waals surface area contributed by atoms with E-state index in [0.29, 0.717) is 59.1 Å². The van der Waals surface area contributed by atoms with Gasteiger partial charge < -0.3 is 39.0 Å². The Morgan fingerprint density at radius 2 is 1.15 bits per heavy atom. The second kappa shape index (κ2) is 20.4. The summed E-state index contributed by atoms with van der Waals surface area (Å²) < 4.78 is 28.2. The summed E-state index contributed by atoms with van der Waals surface area (Å²) in [6.45, 7) is 7.17. The zero-order chi connectivity index (χ0) is 20.2. The van der Waals surface area contributed by atoms with Gasteiger partial charge >= 0.3 is 0 Å². The van der Waals surface area contributed by atoms with Crippen LogP contribution in [-0.4, -0.2) is 99.7 Å². The molecular formula is C19H40O8. The summed E-state index contributed by atoms with van der Waals surface area (Å²) in [4.78, 5) is 0. The van der Waals surface area contributed by atoms with Crippen LogP contribution in [-0.2, 0) is 23.7 Å². The van der Waals surface area contributed by atoms with E-state index in [-0.39, 0.29) is 32.0 Å². The van der Waals surface area contributed by atoms with E-state index in [0.717, 1.165) is 12.8 Å². The molecular weight excluding hydrogens is 356 g/mol. The van der Waals surface area contributed by atoms with E-state index in [2.05, 4.69) is 6.92 Å². The van der Waals surface area contributed by atoms with Crippen LogP contribution < -0.4 is 0 Å². The maximum absolute atomic E-state index is 9.28. The zero-order valence-corrected chi connectivity index (χ0v) is 17.0. The van der Waals surface area contributed by atoms with Crippen LogP contribution in [0.3, 0.4) is 0 Å². The third kappa shape index (κ3) is 18.8. The van der Waals surface area contributed by atoms with E-state index in [1.165, 1.54) is 0 Å². The minimum absolute atomic E-state index is 0.0701. The molecule has 8 nitrogen and oxygen atoms in total. The van der Waals surface area contributed by atoms with Gasteiger partial charge in [-0.05, 0) is 26.2 Å². The highest BCUT2D eigenvalue weighted by molar-refractivity contribution is 4.61. The SMILES string of the molecule is CCCCOC(COCCCO)COCC(COCC(C)O)OCCCO. The fourth-order valence-electron chi connectivity index (χ4n) is 2.08. The number of aliphatic hydroxyl groups is 3. The van der Waals surface area contributed by atoms with E-state index < -0.39 is 6.10 Å². The number of hydrogen-bond donors (Lipinski definition) is 3. The van der Waals surface area contributed by atoms with Crippen LogP contribution in [0.2, 0.25) is 0 Å². The Balaban J connectivity index is 4.22. The van der Waals surface area contributed by atoms with Crippen molar-refractivity contribution < 1.29 is 39.0 Å². The maximum atomic E-state index is 9.28. The zero-order valence-electron chi connectivity index (χ0n) is 17.0. The van der Waals surface area contributed by atoms with Crippen molar-refractivity contribution >= 4 is 0 Å². The lowest BCUT2D eigenvalue weighted by molar-refractivity contribution is -0.100. The molecule has 8 heteroatoms. The van der Waals surface area contributed by atoms with Crippen molar-refractivity contribution in [1.82, 2.24) is 0 Å². The molecule has 3 N–H and O–H groups in total. The van der Waals surface area contributed by atoms with Crippen molar-refractivity contribution in [1.29, 1.82) is 0 Å². The normalized spacial score (nSPS) is 15.0. The molecule has 0 aromatic carbocycles. The maximum Gasteiger partial charge on any atom is 0.104 e. The van der Waals surface area contributed by atoms with Gasteiger partial charge in [-0.3, -0.25) is 0 Å².